The summed E-state index contributed by atoms with van der Waals surface area (Å²) in [4.78, 5) is 21.8. The van der Waals surface area contributed by atoms with Crippen molar-refractivity contribution >= 4 is 23.9 Å². The Balaban J connectivity index is 1.69. The molecule has 0 saturated heterocycles. The molecule has 1 aromatic heterocycles. The van der Waals surface area contributed by atoms with Gasteiger partial charge in [0.05, 0.1) is 11.9 Å². The van der Waals surface area contributed by atoms with Gasteiger partial charge >= 0.3 is 0 Å². The Morgan fingerprint density at radius 1 is 0.759 bits per heavy atom. The molecule has 29 heavy (non-hydrogen) atoms. The number of amides is 1. The molecule has 0 aliphatic rings. The first-order valence-corrected chi connectivity index (χ1v) is 9.31. The number of hydrogen-bond donors (Lipinski definition) is 1. The van der Waals surface area contributed by atoms with Crippen LogP contribution in [0.25, 0.3) is 23.4 Å². The average molecular weight is 377 g/mol. The summed E-state index contributed by atoms with van der Waals surface area (Å²) in [5.41, 5.74) is 3.92. The van der Waals surface area contributed by atoms with Crippen molar-refractivity contribution in [1.82, 2.24) is 9.97 Å². The summed E-state index contributed by atoms with van der Waals surface area (Å²) in [6.07, 6.45) is 5.50. The summed E-state index contributed by atoms with van der Waals surface area (Å²) in [6.45, 7) is 0. The molecule has 3 aromatic carbocycles. The number of hydrogen-bond acceptors (Lipinski definition) is 3. The van der Waals surface area contributed by atoms with Crippen LogP contribution in [0, 0.1) is 0 Å². The first-order valence-electron chi connectivity index (χ1n) is 9.31. The highest BCUT2D eigenvalue weighted by Crippen LogP contribution is 2.21. The van der Waals surface area contributed by atoms with Gasteiger partial charge in [-0.2, -0.15) is 0 Å². The van der Waals surface area contributed by atoms with Gasteiger partial charge in [-0.3, -0.25) is 4.79 Å². The number of benzene rings is 3. The molecular formula is C25H19N3O. The molecule has 0 atom stereocenters. The lowest BCUT2D eigenvalue weighted by Crippen LogP contribution is -2.14. The predicted molar refractivity (Wildman–Crippen MR) is 117 cm³/mol. The Kier molecular flexibility index (Phi) is 5.53. The van der Waals surface area contributed by atoms with E-state index in [0.29, 0.717) is 17.1 Å². The van der Waals surface area contributed by atoms with Crippen LogP contribution in [0.5, 0.6) is 0 Å². The summed E-state index contributed by atoms with van der Waals surface area (Å²) in [6, 6.07) is 28.8. The van der Waals surface area contributed by atoms with Gasteiger partial charge in [0.1, 0.15) is 5.69 Å². The van der Waals surface area contributed by atoms with Crippen LogP contribution < -0.4 is 5.32 Å². The average Bonchev–Trinajstić information content (AvgIpc) is 2.80. The van der Waals surface area contributed by atoms with Gasteiger partial charge < -0.3 is 5.32 Å². The van der Waals surface area contributed by atoms with Gasteiger partial charge in [-0.1, -0.05) is 84.9 Å². The van der Waals surface area contributed by atoms with Crippen LogP contribution in [0.15, 0.2) is 97.2 Å². The molecule has 0 aliphatic carbocycles. The molecule has 0 fully saturated rings. The van der Waals surface area contributed by atoms with Crippen LogP contribution in [-0.4, -0.2) is 15.9 Å². The molecule has 0 saturated carbocycles. The van der Waals surface area contributed by atoms with Crippen LogP contribution in [0.3, 0.4) is 0 Å². The van der Waals surface area contributed by atoms with Crippen molar-refractivity contribution < 1.29 is 4.79 Å². The second kappa shape index (κ2) is 8.76. The predicted octanol–water partition coefficient (Wildman–Crippen LogP) is 5.57. The quantitative estimate of drug-likeness (QED) is 0.495. The van der Waals surface area contributed by atoms with Crippen molar-refractivity contribution in [1.29, 1.82) is 0 Å². The monoisotopic (exact) mass is 377 g/mol. The number of anilines is 1. The number of rotatable bonds is 5. The molecule has 0 aliphatic heterocycles. The molecule has 4 heteroatoms. The van der Waals surface area contributed by atoms with Gasteiger partial charge in [-0.25, -0.2) is 9.97 Å². The van der Waals surface area contributed by atoms with Crippen molar-refractivity contribution in [3.05, 3.63) is 114 Å². The minimum absolute atomic E-state index is 0.221. The number of nitrogens with zero attached hydrogens (tertiary/aromatic N) is 2. The third-order valence-corrected chi connectivity index (χ3v) is 4.37. The summed E-state index contributed by atoms with van der Waals surface area (Å²) in [5.74, 6) is 0.201. The maximum atomic E-state index is 12.6. The van der Waals surface area contributed by atoms with Gasteiger partial charge in [-0.05, 0) is 23.8 Å². The minimum atomic E-state index is -0.221. The zero-order valence-electron chi connectivity index (χ0n) is 15.7. The topological polar surface area (TPSA) is 54.9 Å². The number of nitrogens with one attached hydrogen (secondary N) is 1. The Hall–Kier alpha value is -4.05. The van der Waals surface area contributed by atoms with E-state index >= 15 is 0 Å². The van der Waals surface area contributed by atoms with Gasteiger partial charge in [0.2, 0.25) is 0 Å². The fraction of sp³-hybridized carbons (Fsp3) is 0. The third-order valence-electron chi connectivity index (χ3n) is 4.37. The van der Waals surface area contributed by atoms with Gasteiger partial charge in [0.25, 0.3) is 5.91 Å². The van der Waals surface area contributed by atoms with Gasteiger partial charge in [0, 0.05) is 11.1 Å². The number of carbonyl (C=O) groups excluding carboxylic acids is 1. The molecule has 4 rings (SSSR count). The highest BCUT2D eigenvalue weighted by molar-refractivity contribution is 6.04. The van der Waals surface area contributed by atoms with Crippen LogP contribution >= 0.6 is 0 Å². The molecule has 4 aromatic rings. The highest BCUT2D eigenvalue weighted by Gasteiger charge is 2.11. The van der Waals surface area contributed by atoms with Crippen molar-refractivity contribution in [2.75, 3.05) is 5.32 Å². The minimum Gasteiger partial charge on any atom is -0.305 e. The van der Waals surface area contributed by atoms with E-state index in [0.717, 1.165) is 16.8 Å². The molecular weight excluding hydrogens is 358 g/mol. The first-order chi connectivity index (χ1) is 14.3. The zero-order valence-corrected chi connectivity index (χ0v) is 15.7. The SMILES string of the molecule is O=C(Nc1ncc(-c2ccccc2)nc1C=Cc1ccccc1)c1ccccc1. The molecule has 4 nitrogen and oxygen atoms in total. The van der Waals surface area contributed by atoms with Crippen LogP contribution in [0.4, 0.5) is 5.82 Å². The lowest BCUT2D eigenvalue weighted by atomic mass is 10.1. The molecule has 0 bridgehead atoms. The zero-order chi connectivity index (χ0) is 19.9. The molecule has 0 unspecified atom stereocenters. The Morgan fingerprint density at radius 2 is 1.38 bits per heavy atom. The van der Waals surface area contributed by atoms with Crippen LogP contribution in [0.2, 0.25) is 0 Å². The maximum absolute atomic E-state index is 12.6. The van der Waals surface area contributed by atoms with Crippen LogP contribution in [0.1, 0.15) is 21.6 Å². The third kappa shape index (κ3) is 4.62. The lowest BCUT2D eigenvalue weighted by Gasteiger charge is -2.09. The van der Waals surface area contributed by atoms with Crippen molar-refractivity contribution in [3.8, 4) is 11.3 Å². The van der Waals surface area contributed by atoms with E-state index in [2.05, 4.69) is 10.3 Å². The second-order valence-electron chi connectivity index (χ2n) is 6.42. The van der Waals surface area contributed by atoms with E-state index in [1.54, 1.807) is 18.3 Å². The lowest BCUT2D eigenvalue weighted by molar-refractivity contribution is 0.102. The highest BCUT2D eigenvalue weighted by atomic mass is 16.1. The van der Waals surface area contributed by atoms with E-state index in [1.807, 2.05) is 91.0 Å². The molecule has 0 radical (unpaired) electrons. The van der Waals surface area contributed by atoms with E-state index < -0.39 is 0 Å². The first kappa shape index (κ1) is 18.3. The standard InChI is InChI=1S/C25H19N3O/c29-25(21-14-8-3-9-15-21)28-24-22(17-16-19-10-4-1-5-11-19)27-23(18-26-24)20-12-6-2-7-13-20/h1-18H,(H,26,28,29). The normalized spacial score (nSPS) is 10.8. The molecule has 1 heterocycles. The van der Waals surface area contributed by atoms with Gasteiger partial charge in [0.15, 0.2) is 5.82 Å². The fourth-order valence-corrected chi connectivity index (χ4v) is 2.87. The molecule has 0 spiro atoms. The summed E-state index contributed by atoms with van der Waals surface area (Å²) < 4.78 is 0. The fourth-order valence-electron chi connectivity index (χ4n) is 2.87. The molecule has 1 N–H and O–H groups in total. The van der Waals surface area contributed by atoms with Crippen molar-refractivity contribution in [2.24, 2.45) is 0 Å². The number of carbonyl (C=O) groups is 1. The number of aromatic nitrogens is 2. The van der Waals surface area contributed by atoms with Gasteiger partial charge in [-0.15, -0.1) is 0 Å². The van der Waals surface area contributed by atoms with E-state index in [-0.39, 0.29) is 5.91 Å². The summed E-state index contributed by atoms with van der Waals surface area (Å²) in [5, 5.41) is 2.88. The molecule has 140 valence electrons. The summed E-state index contributed by atoms with van der Waals surface area (Å²) in [7, 11) is 0. The Morgan fingerprint density at radius 3 is 2.07 bits per heavy atom. The van der Waals surface area contributed by atoms with Crippen molar-refractivity contribution in [3.63, 3.8) is 0 Å². The molecule has 1 amide bonds. The maximum Gasteiger partial charge on any atom is 0.256 e. The largest absolute Gasteiger partial charge is 0.305 e. The van der Waals surface area contributed by atoms with Crippen molar-refractivity contribution in [2.45, 2.75) is 0 Å². The smallest absolute Gasteiger partial charge is 0.256 e. The van der Waals surface area contributed by atoms with E-state index in [4.69, 9.17) is 4.98 Å². The Labute approximate surface area is 169 Å². The van der Waals surface area contributed by atoms with E-state index in [9.17, 15) is 4.79 Å². The second-order valence-corrected chi connectivity index (χ2v) is 6.42. The summed E-state index contributed by atoms with van der Waals surface area (Å²) >= 11 is 0. The van der Waals surface area contributed by atoms with Crippen LogP contribution in [-0.2, 0) is 0 Å². The Bertz CT molecular complexity index is 1120. The van der Waals surface area contributed by atoms with E-state index in [1.165, 1.54) is 0 Å².